The van der Waals surface area contributed by atoms with E-state index in [1.807, 2.05) is 31.2 Å². The SMILES string of the molecule is CCCC(C)NC(=O)COC(=O)c1c2c(nc3ccccc13)C(=Cc1ccc(C(C)(C)C)cc1)CC2. The third kappa shape index (κ3) is 5.67. The van der Waals surface area contributed by atoms with Gasteiger partial charge in [0.05, 0.1) is 16.8 Å². The van der Waals surface area contributed by atoms with Gasteiger partial charge in [-0.2, -0.15) is 0 Å². The Morgan fingerprint density at radius 3 is 2.50 bits per heavy atom. The van der Waals surface area contributed by atoms with Gasteiger partial charge < -0.3 is 10.1 Å². The second kappa shape index (κ2) is 10.7. The molecule has 0 saturated heterocycles. The highest BCUT2D eigenvalue weighted by atomic mass is 16.5. The summed E-state index contributed by atoms with van der Waals surface area (Å²) in [6.07, 6.45) is 5.54. The molecule has 0 fully saturated rings. The zero-order valence-corrected chi connectivity index (χ0v) is 22.0. The molecule has 1 aliphatic rings. The summed E-state index contributed by atoms with van der Waals surface area (Å²) in [7, 11) is 0. The van der Waals surface area contributed by atoms with E-state index in [-0.39, 0.29) is 24.0 Å². The van der Waals surface area contributed by atoms with Gasteiger partial charge in [0.25, 0.3) is 5.91 Å². The minimum atomic E-state index is -0.473. The van der Waals surface area contributed by atoms with Crippen molar-refractivity contribution in [2.75, 3.05) is 6.61 Å². The number of nitrogens with one attached hydrogen (secondary N) is 1. The molecular formula is C31H36N2O3. The van der Waals surface area contributed by atoms with Gasteiger partial charge in [-0.25, -0.2) is 9.78 Å². The molecule has 4 rings (SSSR count). The summed E-state index contributed by atoms with van der Waals surface area (Å²) in [6, 6.07) is 16.3. The van der Waals surface area contributed by atoms with Crippen LogP contribution in [0.5, 0.6) is 0 Å². The quantitative estimate of drug-likeness (QED) is 0.390. The maximum absolute atomic E-state index is 13.3. The zero-order chi connectivity index (χ0) is 25.9. The Bertz CT molecular complexity index is 1300. The molecule has 0 bridgehead atoms. The molecule has 36 heavy (non-hydrogen) atoms. The highest BCUT2D eigenvalue weighted by Gasteiger charge is 2.28. The van der Waals surface area contributed by atoms with Crippen molar-refractivity contribution in [1.29, 1.82) is 0 Å². The lowest BCUT2D eigenvalue weighted by molar-refractivity contribution is -0.124. The minimum Gasteiger partial charge on any atom is -0.452 e. The van der Waals surface area contributed by atoms with E-state index in [1.165, 1.54) is 5.56 Å². The van der Waals surface area contributed by atoms with Crippen LogP contribution < -0.4 is 5.32 Å². The fourth-order valence-electron chi connectivity index (χ4n) is 4.82. The Hall–Kier alpha value is -3.47. The first kappa shape index (κ1) is 25.6. The molecule has 1 heterocycles. The molecule has 1 N–H and O–H groups in total. The number of fused-ring (bicyclic) bond motifs is 2. The molecule has 1 atom stereocenters. The Labute approximate surface area is 214 Å². The first-order valence-corrected chi connectivity index (χ1v) is 12.9. The van der Waals surface area contributed by atoms with Crippen LogP contribution in [0.3, 0.4) is 0 Å². The van der Waals surface area contributed by atoms with Crippen LogP contribution in [0.15, 0.2) is 48.5 Å². The van der Waals surface area contributed by atoms with Gasteiger partial charge in [0.15, 0.2) is 6.61 Å². The summed E-state index contributed by atoms with van der Waals surface area (Å²) in [6.45, 7) is 10.4. The number of nitrogens with zero attached hydrogens (tertiary/aromatic N) is 1. The number of amides is 1. The van der Waals surface area contributed by atoms with Crippen LogP contribution in [0.2, 0.25) is 0 Å². The van der Waals surface area contributed by atoms with Gasteiger partial charge >= 0.3 is 5.97 Å². The van der Waals surface area contributed by atoms with Gasteiger partial charge in [0.1, 0.15) is 0 Å². The molecular weight excluding hydrogens is 448 g/mol. The highest BCUT2D eigenvalue weighted by Crippen LogP contribution is 2.38. The van der Waals surface area contributed by atoms with Crippen molar-refractivity contribution < 1.29 is 14.3 Å². The molecule has 5 heteroatoms. The van der Waals surface area contributed by atoms with Gasteiger partial charge in [-0.05, 0) is 66.0 Å². The molecule has 1 amide bonds. The topological polar surface area (TPSA) is 68.3 Å². The lowest BCUT2D eigenvalue weighted by atomic mass is 9.86. The average Bonchev–Trinajstić information content (AvgIpc) is 3.22. The largest absolute Gasteiger partial charge is 0.452 e. The molecule has 1 unspecified atom stereocenters. The van der Waals surface area contributed by atoms with E-state index in [0.717, 1.165) is 52.6 Å². The van der Waals surface area contributed by atoms with Crippen LogP contribution in [0.4, 0.5) is 0 Å². The number of aromatic nitrogens is 1. The number of carbonyl (C=O) groups is 2. The number of benzene rings is 2. The first-order valence-electron chi connectivity index (χ1n) is 12.9. The van der Waals surface area contributed by atoms with Crippen molar-refractivity contribution in [2.45, 2.75) is 71.8 Å². The van der Waals surface area contributed by atoms with Crippen LogP contribution >= 0.6 is 0 Å². The Morgan fingerprint density at radius 1 is 1.08 bits per heavy atom. The number of ether oxygens (including phenoxy) is 1. The minimum absolute atomic E-state index is 0.0531. The number of allylic oxidation sites excluding steroid dienone is 1. The summed E-state index contributed by atoms with van der Waals surface area (Å²) in [5.74, 6) is -0.752. The highest BCUT2D eigenvalue weighted by molar-refractivity contribution is 6.07. The zero-order valence-electron chi connectivity index (χ0n) is 22.0. The van der Waals surface area contributed by atoms with Crippen LogP contribution in [-0.2, 0) is 21.4 Å². The van der Waals surface area contributed by atoms with Gasteiger partial charge in [-0.3, -0.25) is 4.79 Å². The molecule has 0 saturated carbocycles. The fourth-order valence-corrected chi connectivity index (χ4v) is 4.82. The summed E-state index contributed by atoms with van der Waals surface area (Å²) in [5, 5.41) is 3.65. The van der Waals surface area contributed by atoms with Crippen molar-refractivity contribution in [3.05, 3.63) is 76.5 Å². The van der Waals surface area contributed by atoms with Gasteiger partial charge in [0.2, 0.25) is 0 Å². The van der Waals surface area contributed by atoms with E-state index in [1.54, 1.807) is 0 Å². The van der Waals surface area contributed by atoms with Crippen molar-refractivity contribution >= 4 is 34.4 Å². The first-order chi connectivity index (χ1) is 17.2. The number of rotatable bonds is 7. The van der Waals surface area contributed by atoms with Gasteiger partial charge in [-0.15, -0.1) is 0 Å². The average molecular weight is 485 g/mol. The number of esters is 1. The smallest absolute Gasteiger partial charge is 0.339 e. The Balaban J connectivity index is 1.63. The third-order valence-electron chi connectivity index (χ3n) is 6.73. The predicted octanol–water partition coefficient (Wildman–Crippen LogP) is 6.48. The van der Waals surface area contributed by atoms with Gasteiger partial charge in [0, 0.05) is 11.4 Å². The Morgan fingerprint density at radius 2 is 1.81 bits per heavy atom. The molecule has 1 aromatic heterocycles. The number of pyridine rings is 1. The van der Waals surface area contributed by atoms with Crippen LogP contribution in [0.25, 0.3) is 22.6 Å². The fraction of sp³-hybridized carbons (Fsp3) is 0.387. The van der Waals surface area contributed by atoms with Gasteiger partial charge in [-0.1, -0.05) is 76.6 Å². The predicted molar refractivity (Wildman–Crippen MR) is 146 cm³/mol. The second-order valence-corrected chi connectivity index (χ2v) is 10.7. The normalized spacial score (nSPS) is 15.1. The number of para-hydroxylation sites is 1. The van der Waals surface area contributed by atoms with E-state index in [4.69, 9.17) is 9.72 Å². The lowest BCUT2D eigenvalue weighted by Crippen LogP contribution is -2.35. The monoisotopic (exact) mass is 484 g/mol. The lowest BCUT2D eigenvalue weighted by Gasteiger charge is -2.18. The molecule has 0 radical (unpaired) electrons. The molecule has 188 valence electrons. The van der Waals surface area contributed by atoms with Crippen LogP contribution in [-0.4, -0.2) is 29.5 Å². The van der Waals surface area contributed by atoms with Crippen LogP contribution in [0, 0.1) is 0 Å². The third-order valence-corrected chi connectivity index (χ3v) is 6.73. The molecule has 1 aliphatic carbocycles. The van der Waals surface area contributed by atoms with E-state index >= 15 is 0 Å². The molecule has 2 aromatic carbocycles. The van der Waals surface area contributed by atoms with Crippen molar-refractivity contribution in [2.24, 2.45) is 0 Å². The molecule has 0 spiro atoms. The van der Waals surface area contributed by atoms with Crippen molar-refractivity contribution in [3.63, 3.8) is 0 Å². The number of hydrogen-bond donors (Lipinski definition) is 1. The summed E-state index contributed by atoms with van der Waals surface area (Å²) in [4.78, 5) is 30.5. The molecule has 0 aliphatic heterocycles. The summed E-state index contributed by atoms with van der Waals surface area (Å²) < 4.78 is 5.50. The number of carbonyl (C=O) groups excluding carboxylic acids is 2. The summed E-state index contributed by atoms with van der Waals surface area (Å²) in [5.41, 5.74) is 6.64. The standard InChI is InChI=1S/C31H36N2O3/c1-6-9-20(2)32-27(34)19-36-30(35)28-24-10-7-8-11-26(24)33-29-22(14-17-25(28)29)18-21-12-15-23(16-13-21)31(3,4)5/h7-8,10-13,15-16,18,20H,6,9,14,17,19H2,1-5H3,(H,32,34). The van der Waals surface area contributed by atoms with Crippen molar-refractivity contribution in [1.82, 2.24) is 10.3 Å². The summed E-state index contributed by atoms with van der Waals surface area (Å²) >= 11 is 0. The van der Waals surface area contributed by atoms with E-state index in [0.29, 0.717) is 12.0 Å². The molecule has 5 nitrogen and oxygen atoms in total. The Kier molecular flexibility index (Phi) is 7.58. The maximum Gasteiger partial charge on any atom is 0.339 e. The van der Waals surface area contributed by atoms with Crippen molar-refractivity contribution in [3.8, 4) is 0 Å². The van der Waals surface area contributed by atoms with Crippen LogP contribution in [0.1, 0.15) is 86.6 Å². The second-order valence-electron chi connectivity index (χ2n) is 10.7. The van der Waals surface area contributed by atoms with E-state index in [2.05, 4.69) is 63.4 Å². The number of hydrogen-bond acceptors (Lipinski definition) is 4. The maximum atomic E-state index is 13.3. The molecule has 3 aromatic rings. The van der Waals surface area contributed by atoms with E-state index < -0.39 is 5.97 Å². The van der Waals surface area contributed by atoms with E-state index in [9.17, 15) is 9.59 Å².